The molecule has 158 valence electrons. The summed E-state index contributed by atoms with van der Waals surface area (Å²) in [6.07, 6.45) is -0.942. The summed E-state index contributed by atoms with van der Waals surface area (Å²) in [7, 11) is 1.44. The maximum atomic E-state index is 14.0. The van der Waals surface area contributed by atoms with E-state index in [1.165, 1.54) is 38.0 Å². The highest BCUT2D eigenvalue weighted by Gasteiger charge is 2.34. The van der Waals surface area contributed by atoms with Crippen LogP contribution in [0, 0.1) is 5.82 Å². The first-order chi connectivity index (χ1) is 14.0. The fraction of sp³-hybridized carbons (Fsp3) is 0.263. The lowest BCUT2D eigenvalue weighted by Crippen LogP contribution is -2.21. The number of amides is 1. The van der Waals surface area contributed by atoms with Gasteiger partial charge in [0.1, 0.15) is 17.8 Å². The number of nitrogens with zero attached hydrogens (tertiary/aromatic N) is 4. The highest BCUT2D eigenvalue weighted by Crippen LogP contribution is 2.29. The molecular weight excluding hydrogens is 406 g/mol. The number of hydrogen-bond acceptors (Lipinski definition) is 5. The van der Waals surface area contributed by atoms with Crippen LogP contribution in [0.5, 0.6) is 0 Å². The van der Waals surface area contributed by atoms with Crippen molar-refractivity contribution in [1.82, 2.24) is 19.5 Å². The molecule has 0 bridgehead atoms. The number of anilines is 1. The van der Waals surface area contributed by atoms with Gasteiger partial charge in [-0.15, -0.1) is 0 Å². The van der Waals surface area contributed by atoms with Crippen LogP contribution in [-0.4, -0.2) is 32.5 Å². The van der Waals surface area contributed by atoms with Crippen molar-refractivity contribution in [3.63, 3.8) is 0 Å². The normalized spacial score (nSPS) is 12.1. The number of nitrogens with one attached hydrogen (secondary N) is 1. The Kier molecular flexibility index (Phi) is 5.57. The Bertz CT molecular complexity index is 1070. The smallest absolute Gasteiger partial charge is 0.374 e. The summed E-state index contributed by atoms with van der Waals surface area (Å²) in [6, 6.07) is 4.26. The van der Waals surface area contributed by atoms with E-state index < -0.39 is 34.9 Å². The van der Waals surface area contributed by atoms with Crippen LogP contribution in [0.25, 0.3) is 5.95 Å². The number of methoxy groups -OCH3 is 1. The Morgan fingerprint density at radius 3 is 2.47 bits per heavy atom. The molecule has 0 spiro atoms. The maximum Gasteiger partial charge on any atom is 0.433 e. The third kappa shape index (κ3) is 4.62. The first-order valence-corrected chi connectivity index (χ1v) is 8.62. The second-order valence-electron chi connectivity index (χ2n) is 6.80. The quantitative estimate of drug-likeness (QED) is 0.629. The van der Waals surface area contributed by atoms with Crippen molar-refractivity contribution in [3.8, 4) is 5.95 Å². The maximum absolute atomic E-state index is 14.0. The van der Waals surface area contributed by atoms with E-state index in [4.69, 9.17) is 4.74 Å². The molecule has 0 aliphatic rings. The first kappa shape index (κ1) is 21.4. The fourth-order valence-corrected chi connectivity index (χ4v) is 2.51. The number of ether oxygens (including phenoxy) is 1. The van der Waals surface area contributed by atoms with Crippen LogP contribution < -0.4 is 5.32 Å². The number of hydrogen-bond donors (Lipinski definition) is 1. The Labute approximate surface area is 168 Å². The number of imidazole rings is 1. The summed E-state index contributed by atoms with van der Waals surface area (Å²) in [5, 5.41) is 2.37. The van der Waals surface area contributed by atoms with Gasteiger partial charge in [0.25, 0.3) is 5.91 Å². The summed E-state index contributed by atoms with van der Waals surface area (Å²) in [6.45, 7) is 3.40. The van der Waals surface area contributed by atoms with Gasteiger partial charge >= 0.3 is 6.18 Å². The van der Waals surface area contributed by atoms with Gasteiger partial charge < -0.3 is 10.1 Å². The van der Waals surface area contributed by atoms with Gasteiger partial charge in [0.2, 0.25) is 5.95 Å². The van der Waals surface area contributed by atoms with Crippen molar-refractivity contribution in [3.05, 3.63) is 65.8 Å². The molecule has 1 amide bonds. The lowest BCUT2D eigenvalue weighted by atomic mass is 9.97. The fourth-order valence-electron chi connectivity index (χ4n) is 2.51. The lowest BCUT2D eigenvalue weighted by molar-refractivity contribution is -0.141. The zero-order chi connectivity index (χ0) is 22.1. The lowest BCUT2D eigenvalue weighted by Gasteiger charge is -2.24. The molecule has 0 atom stereocenters. The molecule has 7 nitrogen and oxygen atoms in total. The monoisotopic (exact) mass is 423 g/mol. The summed E-state index contributed by atoms with van der Waals surface area (Å²) < 4.78 is 60.2. The molecule has 1 N–H and O–H groups in total. The number of rotatable bonds is 5. The highest BCUT2D eigenvalue weighted by atomic mass is 19.4. The molecular formula is C19H17F4N5O2. The number of carbonyl (C=O) groups excluding carboxylic acids is 1. The van der Waals surface area contributed by atoms with Crippen molar-refractivity contribution in [2.75, 3.05) is 12.4 Å². The standard InChI is InChI=1S/C19H17F4N5O2/c1-18(2,30-3)11-6-12(20)8-13(7-11)25-16(29)14-9-15(19(21,22)23)27-17(26-14)28-5-4-24-10-28/h4-10H,1-3H3,(H,25,29). The van der Waals surface area contributed by atoms with Crippen LogP contribution in [0.4, 0.5) is 23.2 Å². The van der Waals surface area contributed by atoms with E-state index in [-0.39, 0.29) is 11.6 Å². The number of aromatic nitrogens is 4. The number of alkyl halides is 3. The molecule has 0 radical (unpaired) electrons. The SMILES string of the molecule is COC(C)(C)c1cc(F)cc(NC(=O)c2cc(C(F)(F)F)nc(-n3ccnc3)n2)c1. The molecule has 0 saturated carbocycles. The highest BCUT2D eigenvalue weighted by molar-refractivity contribution is 6.03. The molecule has 11 heteroatoms. The summed E-state index contributed by atoms with van der Waals surface area (Å²) in [5.74, 6) is -1.99. The van der Waals surface area contributed by atoms with Crippen LogP contribution in [0.1, 0.15) is 35.6 Å². The average Bonchev–Trinajstić information content (AvgIpc) is 3.21. The van der Waals surface area contributed by atoms with Gasteiger partial charge in [-0.25, -0.2) is 19.3 Å². The number of halogens is 4. The minimum atomic E-state index is -4.80. The molecule has 0 saturated heterocycles. The topological polar surface area (TPSA) is 81.9 Å². The Hall–Kier alpha value is -3.34. The van der Waals surface area contributed by atoms with Crippen LogP contribution in [0.15, 0.2) is 43.0 Å². The predicted molar refractivity (Wildman–Crippen MR) is 98.5 cm³/mol. The van der Waals surface area contributed by atoms with E-state index in [0.717, 1.165) is 10.6 Å². The average molecular weight is 423 g/mol. The summed E-state index contributed by atoms with van der Waals surface area (Å²) in [5.41, 5.74) is -2.23. The van der Waals surface area contributed by atoms with Gasteiger partial charge in [0.15, 0.2) is 5.69 Å². The number of benzene rings is 1. The molecule has 2 heterocycles. The van der Waals surface area contributed by atoms with E-state index in [2.05, 4.69) is 20.3 Å². The minimum Gasteiger partial charge on any atom is -0.374 e. The van der Waals surface area contributed by atoms with E-state index in [0.29, 0.717) is 11.6 Å². The Morgan fingerprint density at radius 1 is 1.13 bits per heavy atom. The van der Waals surface area contributed by atoms with Crippen LogP contribution >= 0.6 is 0 Å². The zero-order valence-corrected chi connectivity index (χ0v) is 16.2. The van der Waals surface area contributed by atoms with Crippen LogP contribution in [-0.2, 0) is 16.5 Å². The van der Waals surface area contributed by atoms with Crippen molar-refractivity contribution in [2.24, 2.45) is 0 Å². The predicted octanol–water partition coefficient (Wildman–Crippen LogP) is 3.95. The molecule has 0 aliphatic heterocycles. The Morgan fingerprint density at radius 2 is 1.87 bits per heavy atom. The molecule has 3 aromatic rings. The van der Waals surface area contributed by atoms with Gasteiger partial charge in [-0.05, 0) is 37.6 Å². The third-order valence-corrected chi connectivity index (χ3v) is 4.33. The minimum absolute atomic E-state index is 0.0384. The molecule has 0 fully saturated rings. The van der Waals surface area contributed by atoms with E-state index >= 15 is 0 Å². The summed E-state index contributed by atoms with van der Waals surface area (Å²) in [4.78, 5) is 23.7. The van der Waals surface area contributed by atoms with Gasteiger partial charge in [-0.1, -0.05) is 0 Å². The molecule has 2 aromatic heterocycles. The van der Waals surface area contributed by atoms with Gasteiger partial charge in [0.05, 0.1) is 5.60 Å². The second-order valence-corrected chi connectivity index (χ2v) is 6.80. The summed E-state index contributed by atoms with van der Waals surface area (Å²) >= 11 is 0. The van der Waals surface area contributed by atoms with Gasteiger partial charge in [0, 0.05) is 31.3 Å². The van der Waals surface area contributed by atoms with Gasteiger partial charge in [-0.2, -0.15) is 13.2 Å². The van der Waals surface area contributed by atoms with Crippen molar-refractivity contribution in [1.29, 1.82) is 0 Å². The Balaban J connectivity index is 1.99. The first-order valence-electron chi connectivity index (χ1n) is 8.62. The van der Waals surface area contributed by atoms with Crippen molar-refractivity contribution < 1.29 is 27.1 Å². The largest absolute Gasteiger partial charge is 0.433 e. The van der Waals surface area contributed by atoms with E-state index in [1.54, 1.807) is 13.8 Å². The zero-order valence-electron chi connectivity index (χ0n) is 16.2. The van der Waals surface area contributed by atoms with Crippen LogP contribution in [0.2, 0.25) is 0 Å². The van der Waals surface area contributed by atoms with E-state index in [9.17, 15) is 22.4 Å². The second kappa shape index (κ2) is 7.82. The van der Waals surface area contributed by atoms with Crippen molar-refractivity contribution in [2.45, 2.75) is 25.6 Å². The van der Waals surface area contributed by atoms with Gasteiger partial charge in [-0.3, -0.25) is 9.36 Å². The van der Waals surface area contributed by atoms with E-state index in [1.807, 2.05) is 0 Å². The molecule has 30 heavy (non-hydrogen) atoms. The molecule has 3 rings (SSSR count). The molecule has 1 aromatic carbocycles. The molecule has 0 aliphatic carbocycles. The molecule has 0 unspecified atom stereocenters. The third-order valence-electron chi connectivity index (χ3n) is 4.33. The number of carbonyl (C=O) groups is 1. The van der Waals surface area contributed by atoms with Crippen molar-refractivity contribution >= 4 is 11.6 Å². The van der Waals surface area contributed by atoms with Crippen LogP contribution in [0.3, 0.4) is 0 Å².